The Morgan fingerprint density at radius 3 is 2.87 bits per heavy atom. The molecule has 7 nitrogen and oxygen atoms in total. The van der Waals surface area contributed by atoms with Gasteiger partial charge in [0, 0.05) is 69.4 Å². The SMILES string of the molecule is CN=C(NCCc1csc(N2CCCC2)n1)NC1CCCN(c2cccc(OC)c2)C1. The van der Waals surface area contributed by atoms with Gasteiger partial charge in [-0.1, -0.05) is 6.07 Å². The van der Waals surface area contributed by atoms with Gasteiger partial charge in [-0.25, -0.2) is 4.98 Å². The van der Waals surface area contributed by atoms with Crippen molar-refractivity contribution in [3.63, 3.8) is 0 Å². The number of aromatic nitrogens is 1. The van der Waals surface area contributed by atoms with E-state index in [1.54, 1.807) is 18.4 Å². The summed E-state index contributed by atoms with van der Waals surface area (Å²) in [7, 11) is 3.56. The lowest BCUT2D eigenvalue weighted by Gasteiger charge is -2.35. The van der Waals surface area contributed by atoms with E-state index in [-0.39, 0.29) is 0 Å². The van der Waals surface area contributed by atoms with Gasteiger partial charge in [0.2, 0.25) is 0 Å². The minimum absolute atomic E-state index is 0.368. The summed E-state index contributed by atoms with van der Waals surface area (Å²) in [6.07, 6.45) is 5.78. The number of aliphatic imine (C=N–C) groups is 1. The smallest absolute Gasteiger partial charge is 0.191 e. The van der Waals surface area contributed by atoms with Crippen molar-refractivity contribution in [2.24, 2.45) is 4.99 Å². The summed E-state index contributed by atoms with van der Waals surface area (Å²) in [5.41, 5.74) is 2.38. The molecule has 2 fully saturated rings. The third-order valence-electron chi connectivity index (χ3n) is 5.99. The van der Waals surface area contributed by atoms with E-state index in [4.69, 9.17) is 9.72 Å². The fourth-order valence-corrected chi connectivity index (χ4v) is 5.21. The summed E-state index contributed by atoms with van der Waals surface area (Å²) < 4.78 is 5.39. The number of benzene rings is 1. The molecular formula is C23H34N6OS. The molecule has 0 spiro atoms. The zero-order chi connectivity index (χ0) is 21.5. The summed E-state index contributed by atoms with van der Waals surface area (Å²) in [6, 6.07) is 8.68. The minimum atomic E-state index is 0.368. The maximum atomic E-state index is 5.39. The van der Waals surface area contributed by atoms with Crippen LogP contribution in [-0.2, 0) is 6.42 Å². The lowest BCUT2D eigenvalue weighted by atomic mass is 10.0. The molecule has 2 saturated heterocycles. The van der Waals surface area contributed by atoms with Crippen LogP contribution in [0.3, 0.4) is 0 Å². The maximum absolute atomic E-state index is 5.39. The lowest BCUT2D eigenvalue weighted by Crippen LogP contribution is -2.51. The Kier molecular flexibility index (Phi) is 7.51. The van der Waals surface area contributed by atoms with Crippen molar-refractivity contribution in [3.8, 4) is 5.75 Å². The number of ether oxygens (including phenoxy) is 1. The number of hydrogen-bond donors (Lipinski definition) is 2. The molecule has 0 bridgehead atoms. The van der Waals surface area contributed by atoms with E-state index in [0.29, 0.717) is 6.04 Å². The molecule has 3 heterocycles. The Morgan fingerprint density at radius 1 is 1.23 bits per heavy atom. The van der Waals surface area contributed by atoms with Crippen LogP contribution in [0.15, 0.2) is 34.6 Å². The number of anilines is 2. The van der Waals surface area contributed by atoms with Gasteiger partial charge in [0.05, 0.1) is 12.8 Å². The van der Waals surface area contributed by atoms with Crippen LogP contribution in [0.2, 0.25) is 0 Å². The second kappa shape index (κ2) is 10.7. The van der Waals surface area contributed by atoms with Crippen molar-refractivity contribution in [3.05, 3.63) is 35.3 Å². The van der Waals surface area contributed by atoms with Crippen LogP contribution < -0.4 is 25.2 Å². The van der Waals surface area contributed by atoms with Gasteiger partial charge in [-0.15, -0.1) is 11.3 Å². The number of nitrogens with one attached hydrogen (secondary N) is 2. The molecule has 2 aromatic rings. The average molecular weight is 443 g/mol. The van der Waals surface area contributed by atoms with E-state index in [2.05, 4.69) is 49.0 Å². The summed E-state index contributed by atoms with van der Waals surface area (Å²) in [5.74, 6) is 1.77. The summed E-state index contributed by atoms with van der Waals surface area (Å²) in [6.45, 7) is 5.15. The van der Waals surface area contributed by atoms with Gasteiger partial charge >= 0.3 is 0 Å². The van der Waals surface area contributed by atoms with E-state index in [1.165, 1.54) is 23.7 Å². The first kappa shape index (κ1) is 21.7. The summed E-state index contributed by atoms with van der Waals surface area (Å²) >= 11 is 1.77. The molecule has 8 heteroatoms. The highest BCUT2D eigenvalue weighted by Gasteiger charge is 2.21. The fourth-order valence-electron chi connectivity index (χ4n) is 4.30. The van der Waals surface area contributed by atoms with Crippen LogP contribution in [0.4, 0.5) is 10.8 Å². The Hall–Kier alpha value is -2.48. The van der Waals surface area contributed by atoms with Gasteiger partial charge in [0.1, 0.15) is 5.75 Å². The van der Waals surface area contributed by atoms with Crippen molar-refractivity contribution < 1.29 is 4.74 Å². The Morgan fingerprint density at radius 2 is 2.06 bits per heavy atom. The Balaban J connectivity index is 1.25. The van der Waals surface area contributed by atoms with E-state index in [1.807, 2.05) is 13.1 Å². The highest BCUT2D eigenvalue weighted by atomic mass is 32.1. The Bertz CT molecular complexity index is 863. The van der Waals surface area contributed by atoms with Crippen molar-refractivity contribution in [1.29, 1.82) is 0 Å². The molecule has 2 N–H and O–H groups in total. The molecule has 2 aliphatic rings. The number of thiazole rings is 1. The molecular weight excluding hydrogens is 408 g/mol. The van der Waals surface area contributed by atoms with E-state index >= 15 is 0 Å². The van der Waals surface area contributed by atoms with E-state index < -0.39 is 0 Å². The molecule has 0 amide bonds. The quantitative estimate of drug-likeness (QED) is 0.507. The van der Waals surface area contributed by atoms with Gasteiger partial charge in [-0.3, -0.25) is 4.99 Å². The molecule has 1 aromatic heterocycles. The van der Waals surface area contributed by atoms with Crippen LogP contribution in [-0.4, -0.2) is 63.9 Å². The van der Waals surface area contributed by atoms with Crippen LogP contribution in [0.25, 0.3) is 0 Å². The predicted octanol–water partition coefficient (Wildman–Crippen LogP) is 3.13. The highest BCUT2D eigenvalue weighted by Crippen LogP contribution is 2.25. The topological polar surface area (TPSA) is 65.0 Å². The van der Waals surface area contributed by atoms with Crippen molar-refractivity contribution in [1.82, 2.24) is 15.6 Å². The van der Waals surface area contributed by atoms with Crippen LogP contribution in [0.1, 0.15) is 31.4 Å². The average Bonchev–Trinajstić information content (AvgIpc) is 3.51. The van der Waals surface area contributed by atoms with Gasteiger partial charge in [0.15, 0.2) is 11.1 Å². The van der Waals surface area contributed by atoms with Crippen molar-refractivity contribution in [2.45, 2.75) is 38.1 Å². The maximum Gasteiger partial charge on any atom is 0.191 e. The molecule has 2 aliphatic heterocycles. The molecule has 0 saturated carbocycles. The van der Waals surface area contributed by atoms with Gasteiger partial charge in [-0.05, 0) is 37.8 Å². The van der Waals surface area contributed by atoms with Crippen LogP contribution >= 0.6 is 11.3 Å². The number of piperidine rings is 1. The molecule has 0 aliphatic carbocycles. The van der Waals surface area contributed by atoms with Crippen molar-refractivity contribution >= 4 is 28.1 Å². The zero-order valence-corrected chi connectivity index (χ0v) is 19.5. The van der Waals surface area contributed by atoms with E-state index in [9.17, 15) is 0 Å². The molecule has 31 heavy (non-hydrogen) atoms. The first-order valence-corrected chi connectivity index (χ1v) is 12.2. The largest absolute Gasteiger partial charge is 0.497 e. The van der Waals surface area contributed by atoms with Crippen LogP contribution in [0, 0.1) is 0 Å². The number of guanidine groups is 1. The molecule has 0 radical (unpaired) electrons. The normalized spacial score (nSPS) is 19.5. The van der Waals surface area contributed by atoms with Crippen LogP contribution in [0.5, 0.6) is 5.75 Å². The number of nitrogens with zero attached hydrogens (tertiary/aromatic N) is 4. The highest BCUT2D eigenvalue weighted by molar-refractivity contribution is 7.13. The lowest BCUT2D eigenvalue weighted by molar-refractivity contribution is 0.414. The van der Waals surface area contributed by atoms with E-state index in [0.717, 1.165) is 69.4 Å². The standard InChI is InChI=1S/C23H34N6OS/c1-24-22(25-11-10-19-17-31-23(27-19)28-12-3-4-13-28)26-18-7-6-14-29(16-18)20-8-5-9-21(15-20)30-2/h5,8-9,15,17-18H,3-4,6-7,10-14,16H2,1-2H3,(H2,24,25,26). The Labute approximate surface area is 189 Å². The first-order chi connectivity index (χ1) is 15.2. The fraction of sp³-hybridized carbons (Fsp3) is 0.565. The minimum Gasteiger partial charge on any atom is -0.497 e. The molecule has 4 rings (SSSR count). The molecule has 1 unspecified atom stereocenters. The number of rotatable bonds is 7. The summed E-state index contributed by atoms with van der Waals surface area (Å²) in [4.78, 5) is 14.1. The van der Waals surface area contributed by atoms with Crippen molar-refractivity contribution in [2.75, 3.05) is 56.7 Å². The summed E-state index contributed by atoms with van der Waals surface area (Å²) in [5, 5.41) is 10.4. The second-order valence-electron chi connectivity index (χ2n) is 8.20. The predicted molar refractivity (Wildman–Crippen MR) is 130 cm³/mol. The number of methoxy groups -OCH3 is 1. The molecule has 1 aromatic carbocycles. The zero-order valence-electron chi connectivity index (χ0n) is 18.6. The third kappa shape index (κ3) is 5.81. The number of hydrogen-bond acceptors (Lipinski definition) is 6. The molecule has 1 atom stereocenters. The van der Waals surface area contributed by atoms with Gasteiger partial charge in [-0.2, -0.15) is 0 Å². The third-order valence-corrected chi connectivity index (χ3v) is 6.94. The second-order valence-corrected chi connectivity index (χ2v) is 9.03. The van der Waals surface area contributed by atoms with Gasteiger partial charge < -0.3 is 25.2 Å². The van der Waals surface area contributed by atoms with Gasteiger partial charge in [0.25, 0.3) is 0 Å². The molecule has 168 valence electrons. The first-order valence-electron chi connectivity index (χ1n) is 11.3. The monoisotopic (exact) mass is 442 g/mol.